The molecule has 2 aliphatic rings. The average Bonchev–Trinajstić information content (AvgIpc) is 3.09. The zero-order chi connectivity index (χ0) is 14.1. The summed E-state index contributed by atoms with van der Waals surface area (Å²) in [5.74, 6) is -0.864. The Morgan fingerprint density at radius 1 is 1.40 bits per heavy atom. The highest BCUT2D eigenvalue weighted by Gasteiger charge is 2.36. The molecule has 0 radical (unpaired) electrons. The highest BCUT2D eigenvalue weighted by molar-refractivity contribution is 5.74. The van der Waals surface area contributed by atoms with Crippen molar-refractivity contribution < 1.29 is 15.0 Å². The van der Waals surface area contributed by atoms with Crippen LogP contribution in [0, 0.1) is 0 Å². The van der Waals surface area contributed by atoms with Gasteiger partial charge in [-0.25, -0.2) is 0 Å². The van der Waals surface area contributed by atoms with Crippen molar-refractivity contribution in [1.29, 1.82) is 0 Å². The number of carboxylic acid groups (broad SMARTS) is 1. The van der Waals surface area contributed by atoms with Crippen LogP contribution in [0.3, 0.4) is 0 Å². The Labute approximate surface area is 118 Å². The molecule has 0 bridgehead atoms. The topological polar surface area (TPSA) is 78.6 Å². The van der Waals surface area contributed by atoms with Gasteiger partial charge in [-0.2, -0.15) is 5.10 Å². The molecule has 1 saturated carbocycles. The van der Waals surface area contributed by atoms with E-state index in [1.165, 1.54) is 25.7 Å². The molecule has 6 heteroatoms. The monoisotopic (exact) mass is 279 g/mol. The molecule has 110 valence electrons. The van der Waals surface area contributed by atoms with Crippen LogP contribution in [-0.4, -0.2) is 49.6 Å². The van der Waals surface area contributed by atoms with Gasteiger partial charge in [-0.1, -0.05) is 12.8 Å². The van der Waals surface area contributed by atoms with Gasteiger partial charge in [0.05, 0.1) is 17.8 Å². The molecule has 2 fully saturated rings. The lowest BCUT2D eigenvalue weighted by molar-refractivity contribution is -0.142. The van der Waals surface area contributed by atoms with Gasteiger partial charge in [0, 0.05) is 25.7 Å². The maximum atomic E-state index is 11.2. The van der Waals surface area contributed by atoms with Crippen LogP contribution in [0.5, 0.6) is 0 Å². The van der Waals surface area contributed by atoms with E-state index in [0.717, 1.165) is 5.69 Å². The number of likely N-dealkylation sites (tertiary alicyclic amines) is 1. The van der Waals surface area contributed by atoms with E-state index in [1.807, 2.05) is 16.9 Å². The van der Waals surface area contributed by atoms with Crippen molar-refractivity contribution in [2.45, 2.75) is 56.8 Å². The Morgan fingerprint density at radius 3 is 2.85 bits per heavy atom. The smallest absolute Gasteiger partial charge is 0.321 e. The van der Waals surface area contributed by atoms with Gasteiger partial charge in [0.15, 0.2) is 0 Å². The lowest BCUT2D eigenvalue weighted by atomic mass is 10.2. The molecular weight excluding hydrogens is 258 g/mol. The largest absolute Gasteiger partial charge is 0.480 e. The molecule has 0 aromatic carbocycles. The number of carboxylic acids is 1. The molecule has 1 aliphatic heterocycles. The van der Waals surface area contributed by atoms with Gasteiger partial charge in [0.25, 0.3) is 0 Å². The van der Waals surface area contributed by atoms with Crippen LogP contribution in [0.1, 0.15) is 43.8 Å². The summed E-state index contributed by atoms with van der Waals surface area (Å²) < 4.78 is 2.02. The second-order valence-electron chi connectivity index (χ2n) is 5.90. The van der Waals surface area contributed by atoms with E-state index in [1.54, 1.807) is 4.90 Å². The Bertz CT molecular complexity index is 482. The lowest BCUT2D eigenvalue weighted by Gasteiger charge is -2.19. The van der Waals surface area contributed by atoms with Crippen LogP contribution in [0.4, 0.5) is 0 Å². The predicted octanol–water partition coefficient (Wildman–Crippen LogP) is 1.02. The number of carbonyl (C=O) groups is 1. The third-order valence-electron chi connectivity index (χ3n) is 4.39. The second-order valence-corrected chi connectivity index (χ2v) is 5.90. The number of aromatic nitrogens is 2. The first-order valence-corrected chi connectivity index (χ1v) is 7.32. The molecule has 1 aromatic heterocycles. The predicted molar refractivity (Wildman–Crippen MR) is 72.2 cm³/mol. The van der Waals surface area contributed by atoms with E-state index < -0.39 is 18.1 Å². The zero-order valence-electron chi connectivity index (χ0n) is 11.5. The van der Waals surface area contributed by atoms with Crippen molar-refractivity contribution in [3.63, 3.8) is 0 Å². The van der Waals surface area contributed by atoms with Crippen LogP contribution in [0.2, 0.25) is 0 Å². The van der Waals surface area contributed by atoms with Crippen LogP contribution in [0.15, 0.2) is 12.3 Å². The lowest BCUT2D eigenvalue weighted by Crippen LogP contribution is -2.35. The molecule has 2 unspecified atom stereocenters. The molecule has 2 N–H and O–H groups in total. The zero-order valence-corrected chi connectivity index (χ0v) is 11.5. The Balaban J connectivity index is 1.66. The van der Waals surface area contributed by atoms with Crippen molar-refractivity contribution in [2.24, 2.45) is 0 Å². The highest BCUT2D eigenvalue weighted by Crippen LogP contribution is 2.29. The number of aliphatic hydroxyl groups excluding tert-OH is 1. The van der Waals surface area contributed by atoms with Gasteiger partial charge >= 0.3 is 5.97 Å². The highest BCUT2D eigenvalue weighted by atomic mass is 16.4. The summed E-state index contributed by atoms with van der Waals surface area (Å²) in [5.41, 5.74) is 0.886. The molecule has 2 heterocycles. The maximum Gasteiger partial charge on any atom is 0.321 e. The first-order chi connectivity index (χ1) is 9.63. The van der Waals surface area contributed by atoms with Gasteiger partial charge in [-0.05, 0) is 18.9 Å². The van der Waals surface area contributed by atoms with E-state index in [-0.39, 0.29) is 0 Å². The van der Waals surface area contributed by atoms with Crippen molar-refractivity contribution in [3.05, 3.63) is 18.0 Å². The number of β-amino-alcohol motifs (C(OH)–C–C–N with tert-alkyl or cyclic N) is 1. The van der Waals surface area contributed by atoms with Crippen molar-refractivity contribution in [3.8, 4) is 0 Å². The molecule has 1 saturated heterocycles. The van der Waals surface area contributed by atoms with Gasteiger partial charge in [-0.15, -0.1) is 0 Å². The molecule has 0 spiro atoms. The summed E-state index contributed by atoms with van der Waals surface area (Å²) in [6.07, 6.45) is 6.64. The fourth-order valence-electron chi connectivity index (χ4n) is 3.35. The molecule has 2 atom stereocenters. The third kappa shape index (κ3) is 2.71. The van der Waals surface area contributed by atoms with Gasteiger partial charge in [-0.3, -0.25) is 14.4 Å². The Morgan fingerprint density at radius 2 is 2.15 bits per heavy atom. The maximum absolute atomic E-state index is 11.2. The summed E-state index contributed by atoms with van der Waals surface area (Å²) in [6, 6.07) is 1.87. The fraction of sp³-hybridized carbons (Fsp3) is 0.714. The summed E-state index contributed by atoms with van der Waals surface area (Å²) in [7, 11) is 0. The number of aliphatic carboxylic acids is 1. The molecule has 3 rings (SSSR count). The van der Waals surface area contributed by atoms with Crippen molar-refractivity contribution >= 4 is 5.97 Å². The number of hydrogen-bond acceptors (Lipinski definition) is 4. The normalized spacial score (nSPS) is 28.2. The van der Waals surface area contributed by atoms with Crippen LogP contribution in [-0.2, 0) is 11.3 Å². The standard InChI is InChI=1S/C14H21N3O3/c18-12-7-13(14(19)20)16(9-12)8-10-5-6-17(15-10)11-3-1-2-4-11/h5-6,11-13,18H,1-4,7-9H2,(H,19,20). The van der Waals surface area contributed by atoms with E-state index in [0.29, 0.717) is 25.6 Å². The van der Waals surface area contributed by atoms with Crippen molar-refractivity contribution in [2.75, 3.05) is 6.54 Å². The minimum atomic E-state index is -0.864. The number of hydrogen-bond donors (Lipinski definition) is 2. The summed E-state index contributed by atoms with van der Waals surface area (Å²) in [6.45, 7) is 0.904. The minimum Gasteiger partial charge on any atom is -0.480 e. The molecule has 1 aromatic rings. The summed E-state index contributed by atoms with van der Waals surface area (Å²) >= 11 is 0. The van der Waals surface area contributed by atoms with E-state index in [4.69, 9.17) is 0 Å². The van der Waals surface area contributed by atoms with E-state index >= 15 is 0 Å². The van der Waals surface area contributed by atoms with Gasteiger partial charge in [0.2, 0.25) is 0 Å². The Hall–Kier alpha value is -1.40. The van der Waals surface area contributed by atoms with Gasteiger partial charge < -0.3 is 10.2 Å². The molecule has 6 nitrogen and oxygen atoms in total. The van der Waals surface area contributed by atoms with Gasteiger partial charge in [0.1, 0.15) is 6.04 Å². The summed E-state index contributed by atoms with van der Waals surface area (Å²) in [4.78, 5) is 13.0. The number of nitrogens with zero attached hydrogens (tertiary/aromatic N) is 3. The first kappa shape index (κ1) is 13.6. The minimum absolute atomic E-state index is 0.304. The second kappa shape index (κ2) is 5.54. The average molecular weight is 279 g/mol. The van der Waals surface area contributed by atoms with Crippen molar-refractivity contribution in [1.82, 2.24) is 14.7 Å². The quantitative estimate of drug-likeness (QED) is 0.860. The van der Waals surface area contributed by atoms with Crippen LogP contribution in [0.25, 0.3) is 0 Å². The SMILES string of the molecule is O=C(O)C1CC(O)CN1Cc1ccn(C2CCCC2)n1. The molecule has 1 aliphatic carbocycles. The number of rotatable bonds is 4. The Kier molecular flexibility index (Phi) is 3.76. The third-order valence-corrected chi connectivity index (χ3v) is 4.39. The molecule has 20 heavy (non-hydrogen) atoms. The van der Waals surface area contributed by atoms with Crippen LogP contribution >= 0.6 is 0 Å². The molecule has 0 amide bonds. The summed E-state index contributed by atoms with van der Waals surface area (Å²) in [5, 5.41) is 23.4. The van der Waals surface area contributed by atoms with E-state index in [2.05, 4.69) is 5.10 Å². The van der Waals surface area contributed by atoms with E-state index in [9.17, 15) is 15.0 Å². The fourth-order valence-corrected chi connectivity index (χ4v) is 3.35. The number of aliphatic hydroxyl groups is 1. The van der Waals surface area contributed by atoms with Crippen LogP contribution < -0.4 is 0 Å². The molecular formula is C14H21N3O3. The first-order valence-electron chi connectivity index (χ1n) is 7.32.